The second-order valence-corrected chi connectivity index (χ2v) is 11.9. The molecule has 268 valence electrons. The standard InChI is InChI=1S/C29H49N5O13/c1-13(2)9-18(33-26(41)14(3)4)28(43)45-12-20-23(39)24(22(29(44)47-20)32-16(6)36)46-15(5)10-34(27(42)17(30)11-35)19(25(31)40)7-8-21(37)38/h13,15,17-20,22-24,29,35,39,44H,3,7-12,30H2,1-2,4-6H3,(H2,31,40)(H,32,36)(H,33,41)(H,37,38)/t15?,17-,18-,19+,20+,22+,23+,24+,29-/m0/s1. The van der Waals surface area contributed by atoms with Gasteiger partial charge in [0, 0.05) is 25.5 Å². The molecule has 0 aliphatic carbocycles. The van der Waals surface area contributed by atoms with E-state index in [4.69, 9.17) is 30.8 Å². The topological polar surface area (TPSA) is 290 Å². The highest BCUT2D eigenvalue weighted by atomic mass is 16.6. The van der Waals surface area contributed by atoms with Crippen molar-refractivity contribution in [2.24, 2.45) is 17.4 Å². The van der Waals surface area contributed by atoms with E-state index >= 15 is 0 Å². The zero-order chi connectivity index (χ0) is 36.2. The van der Waals surface area contributed by atoms with Crippen LogP contribution in [0.25, 0.3) is 0 Å². The van der Waals surface area contributed by atoms with Crippen LogP contribution in [0.15, 0.2) is 12.2 Å². The predicted octanol–water partition coefficient (Wildman–Crippen LogP) is -3.14. The summed E-state index contributed by atoms with van der Waals surface area (Å²) in [6, 6.07) is -5.38. The first kappa shape index (κ1) is 41.3. The summed E-state index contributed by atoms with van der Waals surface area (Å²) in [5, 5.41) is 45.5. The zero-order valence-electron chi connectivity index (χ0n) is 27.3. The Kier molecular flexibility index (Phi) is 16.9. The van der Waals surface area contributed by atoms with Crippen molar-refractivity contribution < 1.29 is 63.4 Å². The van der Waals surface area contributed by atoms with E-state index in [9.17, 15) is 44.1 Å². The number of esters is 1. The van der Waals surface area contributed by atoms with Crippen molar-refractivity contribution in [1.82, 2.24) is 15.5 Å². The summed E-state index contributed by atoms with van der Waals surface area (Å²) in [5.74, 6) is -5.32. The predicted molar refractivity (Wildman–Crippen MR) is 163 cm³/mol. The number of amides is 4. The molecule has 1 rings (SSSR count). The van der Waals surface area contributed by atoms with Crippen LogP contribution in [0.5, 0.6) is 0 Å². The number of aliphatic carboxylic acids is 1. The molecule has 1 heterocycles. The maximum Gasteiger partial charge on any atom is 0.328 e. The number of aliphatic hydroxyl groups excluding tert-OH is 3. The molecule has 47 heavy (non-hydrogen) atoms. The van der Waals surface area contributed by atoms with Crippen molar-refractivity contribution in [3.63, 3.8) is 0 Å². The molecule has 18 nitrogen and oxygen atoms in total. The van der Waals surface area contributed by atoms with Gasteiger partial charge in [0.2, 0.25) is 23.6 Å². The number of ether oxygens (including phenoxy) is 3. The molecular formula is C29H49N5O13. The van der Waals surface area contributed by atoms with Gasteiger partial charge in [0.15, 0.2) is 6.29 Å². The van der Waals surface area contributed by atoms with Crippen LogP contribution in [0, 0.1) is 5.92 Å². The molecule has 1 fully saturated rings. The van der Waals surface area contributed by atoms with Gasteiger partial charge in [-0.1, -0.05) is 20.4 Å². The molecule has 0 aromatic carbocycles. The molecule has 0 aromatic heterocycles. The summed E-state index contributed by atoms with van der Waals surface area (Å²) >= 11 is 0. The molecule has 9 atom stereocenters. The summed E-state index contributed by atoms with van der Waals surface area (Å²) in [4.78, 5) is 74.4. The number of nitrogens with zero attached hydrogens (tertiary/aromatic N) is 1. The number of carboxylic acids is 1. The van der Waals surface area contributed by atoms with Gasteiger partial charge < -0.3 is 61.6 Å². The van der Waals surface area contributed by atoms with Crippen molar-refractivity contribution >= 4 is 35.6 Å². The third kappa shape index (κ3) is 13.2. The van der Waals surface area contributed by atoms with Crippen LogP contribution in [0.3, 0.4) is 0 Å². The Morgan fingerprint density at radius 3 is 2.19 bits per heavy atom. The molecule has 1 aliphatic heterocycles. The van der Waals surface area contributed by atoms with Gasteiger partial charge in [-0.15, -0.1) is 0 Å². The normalized spacial score (nSPS) is 23.5. The Bertz CT molecular complexity index is 1140. The minimum Gasteiger partial charge on any atom is -0.481 e. The van der Waals surface area contributed by atoms with Crippen LogP contribution in [-0.2, 0) is 43.0 Å². The highest BCUT2D eigenvalue weighted by Gasteiger charge is 2.47. The van der Waals surface area contributed by atoms with Gasteiger partial charge in [-0.05, 0) is 32.6 Å². The Balaban J connectivity index is 3.26. The molecule has 1 saturated heterocycles. The Morgan fingerprint density at radius 2 is 1.70 bits per heavy atom. The van der Waals surface area contributed by atoms with Crippen molar-refractivity contribution in [3.8, 4) is 0 Å². The van der Waals surface area contributed by atoms with Gasteiger partial charge in [-0.25, -0.2) is 4.79 Å². The lowest BCUT2D eigenvalue weighted by Gasteiger charge is -2.44. The van der Waals surface area contributed by atoms with Crippen LogP contribution in [-0.4, -0.2) is 136 Å². The summed E-state index contributed by atoms with van der Waals surface area (Å²) in [6.07, 6.45) is -8.11. The minimum absolute atomic E-state index is 0.0225. The molecule has 1 unspecified atom stereocenters. The largest absolute Gasteiger partial charge is 0.481 e. The van der Waals surface area contributed by atoms with E-state index in [-0.39, 0.29) is 24.3 Å². The molecule has 4 amide bonds. The van der Waals surface area contributed by atoms with Gasteiger partial charge in [0.25, 0.3) is 0 Å². The SMILES string of the molecule is C=C(C)C(=O)N[C@@H](CC(C)C)C(=O)OC[C@H]1O[C@H](O)[C@H](NC(C)=O)[C@@H](OC(C)CN(C(=O)[C@@H](N)CO)[C@H](CCC(=O)O)C(N)=O)[C@@H]1O. The van der Waals surface area contributed by atoms with Crippen LogP contribution in [0.1, 0.15) is 53.9 Å². The third-order valence-electron chi connectivity index (χ3n) is 7.11. The van der Waals surface area contributed by atoms with Crippen LogP contribution >= 0.6 is 0 Å². The maximum atomic E-state index is 13.0. The van der Waals surface area contributed by atoms with Crippen LogP contribution < -0.4 is 22.1 Å². The summed E-state index contributed by atoms with van der Waals surface area (Å²) in [7, 11) is 0. The second-order valence-electron chi connectivity index (χ2n) is 11.9. The van der Waals surface area contributed by atoms with E-state index in [1.165, 1.54) is 13.8 Å². The third-order valence-corrected chi connectivity index (χ3v) is 7.11. The highest BCUT2D eigenvalue weighted by molar-refractivity contribution is 5.95. The summed E-state index contributed by atoms with van der Waals surface area (Å²) in [5.41, 5.74) is 11.3. The molecule has 0 bridgehead atoms. The molecule has 0 radical (unpaired) electrons. The molecule has 1 aliphatic rings. The number of carbonyl (C=O) groups excluding carboxylic acids is 5. The maximum absolute atomic E-state index is 13.0. The summed E-state index contributed by atoms with van der Waals surface area (Å²) < 4.78 is 16.8. The number of primary amides is 1. The highest BCUT2D eigenvalue weighted by Crippen LogP contribution is 2.25. The van der Waals surface area contributed by atoms with Crippen molar-refractivity contribution in [2.45, 2.75) is 109 Å². The first-order valence-corrected chi connectivity index (χ1v) is 15.1. The monoisotopic (exact) mass is 675 g/mol. The molecule has 10 N–H and O–H groups in total. The number of nitrogens with two attached hydrogens (primary N) is 2. The number of aliphatic hydroxyl groups is 3. The van der Waals surface area contributed by atoms with E-state index in [0.717, 1.165) is 11.8 Å². The fourth-order valence-electron chi connectivity index (χ4n) is 4.82. The van der Waals surface area contributed by atoms with E-state index < -0.39 is 117 Å². The van der Waals surface area contributed by atoms with E-state index in [1.54, 1.807) is 0 Å². The van der Waals surface area contributed by atoms with E-state index in [0.29, 0.717) is 0 Å². The Morgan fingerprint density at radius 1 is 1.09 bits per heavy atom. The zero-order valence-corrected chi connectivity index (χ0v) is 27.3. The first-order chi connectivity index (χ1) is 21.8. The van der Waals surface area contributed by atoms with Crippen molar-refractivity contribution in [3.05, 3.63) is 12.2 Å². The lowest BCUT2D eigenvalue weighted by Crippen LogP contribution is -2.66. The summed E-state index contributed by atoms with van der Waals surface area (Å²) in [6.45, 7) is 9.35. The number of rotatable bonds is 19. The van der Waals surface area contributed by atoms with Crippen molar-refractivity contribution in [2.75, 3.05) is 19.8 Å². The second kappa shape index (κ2) is 19.2. The lowest BCUT2D eigenvalue weighted by molar-refractivity contribution is -0.269. The number of hydrogen-bond acceptors (Lipinski definition) is 13. The molecule has 0 saturated carbocycles. The van der Waals surface area contributed by atoms with Crippen molar-refractivity contribution in [1.29, 1.82) is 0 Å². The smallest absolute Gasteiger partial charge is 0.328 e. The number of carbonyl (C=O) groups is 6. The van der Waals surface area contributed by atoms with Gasteiger partial charge in [-0.3, -0.25) is 24.0 Å². The number of carboxylic acid groups (broad SMARTS) is 1. The van der Waals surface area contributed by atoms with Crippen LogP contribution in [0.2, 0.25) is 0 Å². The molecule has 0 aromatic rings. The van der Waals surface area contributed by atoms with Gasteiger partial charge >= 0.3 is 11.9 Å². The van der Waals surface area contributed by atoms with Gasteiger partial charge in [0.1, 0.15) is 49.1 Å². The Hall–Kier alpha value is -3.68. The number of hydrogen-bond donors (Lipinski definition) is 8. The average Bonchev–Trinajstić information content (AvgIpc) is 2.97. The average molecular weight is 676 g/mol. The van der Waals surface area contributed by atoms with Gasteiger partial charge in [-0.2, -0.15) is 0 Å². The minimum atomic E-state index is -1.78. The van der Waals surface area contributed by atoms with E-state index in [2.05, 4.69) is 17.2 Å². The molecular weight excluding hydrogens is 626 g/mol. The number of nitrogens with one attached hydrogen (secondary N) is 2. The molecule has 18 heteroatoms. The quantitative estimate of drug-likeness (QED) is 0.0496. The fraction of sp³-hybridized carbons (Fsp3) is 0.724. The Labute approximate surface area is 272 Å². The first-order valence-electron chi connectivity index (χ1n) is 15.1. The lowest BCUT2D eigenvalue weighted by atomic mass is 9.96. The molecule has 0 spiro atoms. The fourth-order valence-corrected chi connectivity index (χ4v) is 4.82. The van der Waals surface area contributed by atoms with Crippen LogP contribution in [0.4, 0.5) is 0 Å². The van der Waals surface area contributed by atoms with Gasteiger partial charge in [0.05, 0.1) is 12.7 Å². The van der Waals surface area contributed by atoms with E-state index in [1.807, 2.05) is 13.8 Å².